The summed E-state index contributed by atoms with van der Waals surface area (Å²) in [7, 11) is 0. The molecule has 0 bridgehead atoms. The highest BCUT2D eigenvalue weighted by molar-refractivity contribution is 5.95. The second-order valence-electron chi connectivity index (χ2n) is 11.8. The van der Waals surface area contributed by atoms with E-state index in [1.807, 2.05) is 69.3 Å². The minimum Gasteiger partial charge on any atom is -0.493 e. The molecule has 1 amide bonds. The molecule has 1 aliphatic rings. The van der Waals surface area contributed by atoms with Gasteiger partial charge in [0.15, 0.2) is 0 Å². The summed E-state index contributed by atoms with van der Waals surface area (Å²) in [6, 6.07) is 20.0. The third-order valence-electron chi connectivity index (χ3n) is 7.46. The van der Waals surface area contributed by atoms with Crippen LogP contribution in [0.5, 0.6) is 5.75 Å². The number of likely N-dealkylation sites (tertiary alicyclic amines) is 1. The van der Waals surface area contributed by atoms with Crippen LogP contribution in [0.25, 0.3) is 22.0 Å². The Balaban J connectivity index is 1.36. The number of para-hydroxylation sites is 1. The summed E-state index contributed by atoms with van der Waals surface area (Å²) in [6.07, 6.45) is 5.21. The number of carbonyl (C=O) groups excluding carboxylic acids is 1. The molecule has 1 aliphatic heterocycles. The van der Waals surface area contributed by atoms with Gasteiger partial charge in [0.25, 0.3) is 5.56 Å². The summed E-state index contributed by atoms with van der Waals surface area (Å²) >= 11 is 0. The van der Waals surface area contributed by atoms with Gasteiger partial charge < -0.3 is 24.7 Å². The van der Waals surface area contributed by atoms with Crippen molar-refractivity contribution < 1.29 is 14.3 Å². The first-order chi connectivity index (χ1) is 20.2. The number of nitrogens with one attached hydrogen (secondary N) is 2. The lowest BCUT2D eigenvalue weighted by Gasteiger charge is -2.33. The van der Waals surface area contributed by atoms with Crippen molar-refractivity contribution in [1.29, 1.82) is 0 Å². The van der Waals surface area contributed by atoms with Gasteiger partial charge in [0.05, 0.1) is 17.7 Å². The Morgan fingerprint density at radius 3 is 2.52 bits per heavy atom. The van der Waals surface area contributed by atoms with E-state index in [9.17, 15) is 9.59 Å². The van der Waals surface area contributed by atoms with E-state index in [-0.39, 0.29) is 11.7 Å². The average Bonchev–Trinajstić information content (AvgIpc) is 2.97. The Kier molecular flexibility index (Phi) is 8.80. The number of hydrogen-bond acceptors (Lipinski definition) is 6. The fraction of sp³-hybridized carbons (Fsp3) is 0.382. The van der Waals surface area contributed by atoms with E-state index in [1.165, 1.54) is 5.56 Å². The first-order valence-corrected chi connectivity index (χ1v) is 14.8. The number of nitrogens with zero attached hydrogens (tertiary/aromatic N) is 2. The van der Waals surface area contributed by atoms with Crippen LogP contribution in [-0.4, -0.2) is 46.3 Å². The van der Waals surface area contributed by atoms with Crippen molar-refractivity contribution in [3.63, 3.8) is 0 Å². The number of hydrogen-bond donors (Lipinski definition) is 2. The molecule has 8 heteroatoms. The molecular formula is C34H40N4O4. The fourth-order valence-electron chi connectivity index (χ4n) is 5.27. The van der Waals surface area contributed by atoms with Gasteiger partial charge in [0, 0.05) is 30.5 Å². The zero-order valence-corrected chi connectivity index (χ0v) is 24.9. The van der Waals surface area contributed by atoms with Gasteiger partial charge in [-0.05, 0) is 93.3 Å². The number of benzene rings is 2. The fourth-order valence-corrected chi connectivity index (χ4v) is 5.27. The second kappa shape index (κ2) is 12.7. The van der Waals surface area contributed by atoms with E-state index in [4.69, 9.17) is 14.5 Å². The van der Waals surface area contributed by atoms with Crippen molar-refractivity contribution in [3.8, 4) is 17.0 Å². The molecular weight excluding hydrogens is 528 g/mol. The molecule has 0 saturated carbocycles. The SMILES string of the molecule is CCCCOc1ccccc1-c1cc2cc[nH]c(=O)c2c(Nc2ccc(C3CCN(C(=O)OC(C)(C)C)CC3)cc2)n1. The maximum Gasteiger partial charge on any atom is 0.410 e. The molecule has 0 spiro atoms. The Morgan fingerprint density at radius 2 is 1.81 bits per heavy atom. The van der Waals surface area contributed by atoms with Gasteiger partial charge in [-0.15, -0.1) is 0 Å². The smallest absolute Gasteiger partial charge is 0.410 e. The highest BCUT2D eigenvalue weighted by Gasteiger charge is 2.27. The Hall–Kier alpha value is -4.33. The molecule has 8 nitrogen and oxygen atoms in total. The van der Waals surface area contributed by atoms with Gasteiger partial charge in [0.2, 0.25) is 0 Å². The molecule has 5 rings (SSSR count). The lowest BCUT2D eigenvalue weighted by molar-refractivity contribution is 0.0205. The molecule has 2 aromatic heterocycles. The molecule has 0 unspecified atom stereocenters. The molecule has 2 aromatic carbocycles. The monoisotopic (exact) mass is 568 g/mol. The maximum absolute atomic E-state index is 12.9. The Bertz CT molecular complexity index is 1580. The standard InChI is InChI=1S/C34H40N4O4/c1-5-6-21-41-29-10-8-7-9-27(29)28-22-25-15-18-35-32(39)30(25)31(37-28)36-26-13-11-23(12-14-26)24-16-19-38(20-17-24)33(40)42-34(2,3)4/h7-15,18,22,24H,5-6,16-17,19-21H2,1-4H3,(H,35,39)(H,36,37). The third kappa shape index (κ3) is 6.93. The summed E-state index contributed by atoms with van der Waals surface area (Å²) in [6.45, 7) is 9.79. The van der Waals surface area contributed by atoms with Crippen molar-refractivity contribution in [2.24, 2.45) is 0 Å². The van der Waals surface area contributed by atoms with E-state index in [0.29, 0.717) is 36.8 Å². The average molecular weight is 569 g/mol. The first kappa shape index (κ1) is 29.2. The Morgan fingerprint density at radius 1 is 1.07 bits per heavy atom. The van der Waals surface area contributed by atoms with Crippen molar-refractivity contribution in [3.05, 3.63) is 82.8 Å². The zero-order chi connectivity index (χ0) is 29.7. The summed E-state index contributed by atoms with van der Waals surface area (Å²) < 4.78 is 11.6. The van der Waals surface area contributed by atoms with Gasteiger partial charge >= 0.3 is 6.09 Å². The molecule has 3 heterocycles. The predicted octanol–water partition coefficient (Wildman–Crippen LogP) is 7.63. The first-order valence-electron chi connectivity index (χ1n) is 14.8. The van der Waals surface area contributed by atoms with Crippen LogP contribution in [0.15, 0.2) is 71.7 Å². The molecule has 1 fully saturated rings. The van der Waals surface area contributed by atoms with Gasteiger partial charge in [-0.3, -0.25) is 4.79 Å². The maximum atomic E-state index is 12.9. The van der Waals surface area contributed by atoms with E-state index in [0.717, 1.165) is 53.8 Å². The number of pyridine rings is 2. The quantitative estimate of drug-likeness (QED) is 0.212. The number of H-pyrrole nitrogens is 1. The summed E-state index contributed by atoms with van der Waals surface area (Å²) in [5.74, 6) is 1.63. The highest BCUT2D eigenvalue weighted by Crippen LogP contribution is 2.34. The van der Waals surface area contributed by atoms with E-state index in [1.54, 1.807) is 11.1 Å². The van der Waals surface area contributed by atoms with Crippen LogP contribution in [0.4, 0.5) is 16.3 Å². The molecule has 42 heavy (non-hydrogen) atoms. The number of ether oxygens (including phenoxy) is 2. The molecule has 0 radical (unpaired) electrons. The molecule has 1 saturated heterocycles. The van der Waals surface area contributed by atoms with Gasteiger partial charge in [-0.2, -0.15) is 0 Å². The number of carbonyl (C=O) groups is 1. The largest absolute Gasteiger partial charge is 0.493 e. The highest BCUT2D eigenvalue weighted by atomic mass is 16.6. The summed E-state index contributed by atoms with van der Waals surface area (Å²) in [4.78, 5) is 34.8. The number of aromatic amines is 1. The van der Waals surface area contributed by atoms with Crippen LogP contribution in [0.1, 0.15) is 64.9 Å². The number of unbranched alkanes of at least 4 members (excludes halogenated alkanes) is 1. The van der Waals surface area contributed by atoms with Crippen LogP contribution in [0, 0.1) is 0 Å². The van der Waals surface area contributed by atoms with Crippen LogP contribution in [0.2, 0.25) is 0 Å². The third-order valence-corrected chi connectivity index (χ3v) is 7.46. The normalized spacial score (nSPS) is 14.1. The number of amides is 1. The number of rotatable bonds is 8. The zero-order valence-electron chi connectivity index (χ0n) is 24.9. The summed E-state index contributed by atoms with van der Waals surface area (Å²) in [5.41, 5.74) is 2.99. The molecule has 0 atom stereocenters. The molecule has 2 N–H and O–H groups in total. The van der Waals surface area contributed by atoms with E-state index >= 15 is 0 Å². The molecule has 0 aliphatic carbocycles. The van der Waals surface area contributed by atoms with Crippen LogP contribution in [-0.2, 0) is 4.74 Å². The number of piperidine rings is 1. The van der Waals surface area contributed by atoms with Gasteiger partial charge in [0.1, 0.15) is 17.2 Å². The number of anilines is 2. The van der Waals surface area contributed by atoms with E-state index in [2.05, 4.69) is 29.4 Å². The predicted molar refractivity (Wildman–Crippen MR) is 168 cm³/mol. The minimum atomic E-state index is -0.493. The van der Waals surface area contributed by atoms with Crippen molar-refractivity contribution in [2.75, 3.05) is 25.0 Å². The number of fused-ring (bicyclic) bond motifs is 1. The lowest BCUT2D eigenvalue weighted by atomic mass is 9.89. The van der Waals surface area contributed by atoms with E-state index < -0.39 is 5.60 Å². The topological polar surface area (TPSA) is 96.6 Å². The molecule has 220 valence electrons. The van der Waals surface area contributed by atoms with Crippen LogP contribution in [0.3, 0.4) is 0 Å². The summed E-state index contributed by atoms with van der Waals surface area (Å²) in [5, 5.41) is 4.70. The lowest BCUT2D eigenvalue weighted by Crippen LogP contribution is -2.41. The Labute approximate surface area is 247 Å². The van der Waals surface area contributed by atoms with Crippen molar-refractivity contribution in [2.45, 2.75) is 64.9 Å². The second-order valence-corrected chi connectivity index (χ2v) is 11.8. The van der Waals surface area contributed by atoms with Gasteiger partial charge in [-0.1, -0.05) is 37.6 Å². The van der Waals surface area contributed by atoms with Crippen molar-refractivity contribution >= 4 is 28.4 Å². The number of aromatic nitrogens is 2. The van der Waals surface area contributed by atoms with Crippen LogP contribution < -0.4 is 15.6 Å². The van der Waals surface area contributed by atoms with Crippen LogP contribution >= 0.6 is 0 Å². The molecule has 4 aromatic rings. The minimum absolute atomic E-state index is 0.199. The van der Waals surface area contributed by atoms with Crippen molar-refractivity contribution in [1.82, 2.24) is 14.9 Å². The van der Waals surface area contributed by atoms with Gasteiger partial charge in [-0.25, -0.2) is 9.78 Å².